The summed E-state index contributed by atoms with van der Waals surface area (Å²) in [5.41, 5.74) is 7.46. The molecule has 1 atom stereocenters. The van der Waals surface area contributed by atoms with E-state index in [0.29, 0.717) is 11.8 Å². The van der Waals surface area contributed by atoms with Crippen molar-refractivity contribution in [3.8, 4) is 11.1 Å². The Kier molecular flexibility index (Phi) is 3.30. The van der Waals surface area contributed by atoms with Crippen molar-refractivity contribution in [3.05, 3.63) is 83.5 Å². The molecular weight excluding hydrogens is 276 g/mol. The minimum atomic E-state index is 0.163. The summed E-state index contributed by atoms with van der Waals surface area (Å²) in [6.07, 6.45) is 8.33. The average Bonchev–Trinajstić information content (AvgIpc) is 3.18. The van der Waals surface area contributed by atoms with Crippen molar-refractivity contribution in [2.75, 3.05) is 0 Å². The first-order chi connectivity index (χ1) is 11.1. The van der Waals surface area contributed by atoms with Gasteiger partial charge in [-0.2, -0.15) is 0 Å². The highest BCUT2D eigenvalue weighted by atomic mass is 14.5. The molecule has 2 aromatic rings. The Morgan fingerprint density at radius 2 is 1.43 bits per heavy atom. The molecule has 1 unspecified atom stereocenters. The monoisotopic (exact) mass is 300 g/mol. The Labute approximate surface area is 139 Å². The quantitative estimate of drug-likeness (QED) is 0.619. The maximum Gasteiger partial charge on any atom is 0.0161 e. The van der Waals surface area contributed by atoms with E-state index >= 15 is 0 Å². The van der Waals surface area contributed by atoms with E-state index in [0.717, 1.165) is 6.42 Å². The van der Waals surface area contributed by atoms with Crippen LogP contribution in [0.5, 0.6) is 0 Å². The number of hydrogen-bond acceptors (Lipinski definition) is 0. The molecule has 0 aliphatic heterocycles. The molecule has 0 aromatic heterocycles. The molecule has 0 heteroatoms. The van der Waals surface area contributed by atoms with Crippen LogP contribution in [0.25, 0.3) is 11.1 Å². The molecule has 0 saturated heterocycles. The number of allylic oxidation sites excluding steroid dienone is 4. The molecular formula is C23H24. The van der Waals surface area contributed by atoms with Gasteiger partial charge in [-0.15, -0.1) is 0 Å². The van der Waals surface area contributed by atoms with Crippen LogP contribution in [0, 0.1) is 11.3 Å². The van der Waals surface area contributed by atoms with Gasteiger partial charge < -0.3 is 0 Å². The molecule has 2 aliphatic carbocycles. The summed E-state index contributed by atoms with van der Waals surface area (Å²) in [5.74, 6) is 0.957. The van der Waals surface area contributed by atoms with E-state index in [4.69, 9.17) is 0 Å². The van der Waals surface area contributed by atoms with Crippen LogP contribution >= 0.6 is 0 Å². The second kappa shape index (κ2) is 5.23. The molecule has 0 N–H and O–H groups in total. The van der Waals surface area contributed by atoms with Crippen LogP contribution in [0.4, 0.5) is 0 Å². The molecule has 23 heavy (non-hydrogen) atoms. The van der Waals surface area contributed by atoms with Crippen molar-refractivity contribution in [1.29, 1.82) is 0 Å². The zero-order valence-corrected chi connectivity index (χ0v) is 14.2. The molecule has 2 aromatic carbocycles. The molecule has 0 radical (unpaired) electrons. The average molecular weight is 300 g/mol. The van der Waals surface area contributed by atoms with Gasteiger partial charge >= 0.3 is 0 Å². The van der Waals surface area contributed by atoms with Crippen LogP contribution in [0.2, 0.25) is 0 Å². The zero-order chi connectivity index (χ0) is 16.0. The Hall–Kier alpha value is -2.08. The molecule has 0 amide bonds. The molecule has 2 aliphatic rings. The van der Waals surface area contributed by atoms with Crippen molar-refractivity contribution in [2.24, 2.45) is 11.3 Å². The predicted octanol–water partition coefficient (Wildman–Crippen LogP) is 6.35. The van der Waals surface area contributed by atoms with Crippen LogP contribution < -0.4 is 0 Å². The van der Waals surface area contributed by atoms with Gasteiger partial charge in [-0.3, -0.25) is 0 Å². The fourth-order valence-corrected chi connectivity index (χ4v) is 4.42. The minimum Gasteiger partial charge on any atom is -0.0768 e. The standard InChI is InChI=1S/C23H24/c1-4-16-13-14-17(15-16)23(2,3)22-20-11-7-5-9-18(20)19-10-6-8-12-21(19)22/h5-15,17,22H,4H2,1-3H3. The highest BCUT2D eigenvalue weighted by Crippen LogP contribution is 2.56. The van der Waals surface area contributed by atoms with Crippen LogP contribution in [0.15, 0.2) is 72.3 Å². The second-order valence-electron chi connectivity index (χ2n) is 7.41. The van der Waals surface area contributed by atoms with E-state index in [9.17, 15) is 0 Å². The molecule has 0 bridgehead atoms. The van der Waals surface area contributed by atoms with Gasteiger partial charge in [0.2, 0.25) is 0 Å². The Balaban J connectivity index is 1.86. The van der Waals surface area contributed by atoms with Crippen LogP contribution in [0.3, 0.4) is 0 Å². The normalized spacial score (nSPS) is 19.6. The van der Waals surface area contributed by atoms with E-state index in [2.05, 4.69) is 87.5 Å². The second-order valence-corrected chi connectivity index (χ2v) is 7.41. The van der Waals surface area contributed by atoms with Crippen LogP contribution in [-0.2, 0) is 0 Å². The fourth-order valence-electron chi connectivity index (χ4n) is 4.42. The number of hydrogen-bond donors (Lipinski definition) is 0. The lowest BCUT2D eigenvalue weighted by Gasteiger charge is -2.37. The fraction of sp³-hybridized carbons (Fsp3) is 0.304. The lowest BCUT2D eigenvalue weighted by atomic mass is 9.66. The largest absolute Gasteiger partial charge is 0.0768 e. The molecule has 0 saturated carbocycles. The predicted molar refractivity (Wildman–Crippen MR) is 98.5 cm³/mol. The minimum absolute atomic E-state index is 0.163. The summed E-state index contributed by atoms with van der Waals surface area (Å²) in [4.78, 5) is 0. The van der Waals surface area contributed by atoms with Gasteiger partial charge in [0.25, 0.3) is 0 Å². The van der Waals surface area contributed by atoms with E-state index < -0.39 is 0 Å². The van der Waals surface area contributed by atoms with E-state index in [1.807, 2.05) is 0 Å². The van der Waals surface area contributed by atoms with E-state index in [1.165, 1.54) is 27.8 Å². The van der Waals surface area contributed by atoms with Gasteiger partial charge in [0, 0.05) is 11.8 Å². The van der Waals surface area contributed by atoms with Crippen molar-refractivity contribution < 1.29 is 0 Å². The number of benzene rings is 2. The van der Waals surface area contributed by atoms with Crippen molar-refractivity contribution in [2.45, 2.75) is 33.1 Å². The van der Waals surface area contributed by atoms with Gasteiger partial charge in [-0.25, -0.2) is 0 Å². The number of fused-ring (bicyclic) bond motifs is 3. The van der Waals surface area contributed by atoms with Gasteiger partial charge in [0.15, 0.2) is 0 Å². The summed E-state index contributed by atoms with van der Waals surface area (Å²) in [5, 5.41) is 0. The highest BCUT2D eigenvalue weighted by molar-refractivity contribution is 5.79. The van der Waals surface area contributed by atoms with Crippen LogP contribution in [-0.4, -0.2) is 0 Å². The first kappa shape index (κ1) is 14.5. The van der Waals surface area contributed by atoms with Gasteiger partial charge in [-0.1, -0.05) is 93.1 Å². The Morgan fingerprint density at radius 1 is 0.870 bits per heavy atom. The van der Waals surface area contributed by atoms with E-state index in [1.54, 1.807) is 0 Å². The van der Waals surface area contributed by atoms with Crippen LogP contribution in [0.1, 0.15) is 44.2 Å². The molecule has 0 heterocycles. The molecule has 116 valence electrons. The lowest BCUT2D eigenvalue weighted by molar-refractivity contribution is 0.267. The molecule has 0 nitrogen and oxygen atoms in total. The summed E-state index contributed by atoms with van der Waals surface area (Å²) < 4.78 is 0. The molecule has 4 rings (SSSR count). The summed E-state index contributed by atoms with van der Waals surface area (Å²) in [6, 6.07) is 17.9. The summed E-state index contributed by atoms with van der Waals surface area (Å²) >= 11 is 0. The molecule has 0 fully saturated rings. The van der Waals surface area contributed by atoms with Gasteiger partial charge in [-0.05, 0) is 34.1 Å². The van der Waals surface area contributed by atoms with Gasteiger partial charge in [0.1, 0.15) is 0 Å². The van der Waals surface area contributed by atoms with Crippen molar-refractivity contribution in [1.82, 2.24) is 0 Å². The van der Waals surface area contributed by atoms with Crippen molar-refractivity contribution in [3.63, 3.8) is 0 Å². The summed E-state index contributed by atoms with van der Waals surface area (Å²) in [7, 11) is 0. The lowest BCUT2D eigenvalue weighted by Crippen LogP contribution is -2.28. The van der Waals surface area contributed by atoms with Gasteiger partial charge in [0.05, 0.1) is 0 Å². The van der Waals surface area contributed by atoms with E-state index in [-0.39, 0.29) is 5.41 Å². The maximum absolute atomic E-state index is 2.48. The first-order valence-corrected chi connectivity index (χ1v) is 8.70. The molecule has 0 spiro atoms. The smallest absolute Gasteiger partial charge is 0.0161 e. The van der Waals surface area contributed by atoms with Crippen molar-refractivity contribution >= 4 is 0 Å². The maximum atomic E-state index is 2.48. The zero-order valence-electron chi connectivity index (χ0n) is 14.2. The highest BCUT2D eigenvalue weighted by Gasteiger charge is 2.42. The summed E-state index contributed by atoms with van der Waals surface area (Å²) in [6.45, 7) is 7.10. The number of rotatable bonds is 3. The third kappa shape index (κ3) is 2.12. The third-order valence-corrected chi connectivity index (χ3v) is 5.76. The Morgan fingerprint density at radius 3 is 1.96 bits per heavy atom. The first-order valence-electron chi connectivity index (χ1n) is 8.70. The third-order valence-electron chi connectivity index (χ3n) is 5.76. The topological polar surface area (TPSA) is 0 Å². The Bertz CT molecular complexity index is 759. The SMILES string of the molecule is CCC1=CC(C(C)(C)C2c3ccccc3-c3ccccc32)C=C1.